The van der Waals surface area contributed by atoms with Crippen LogP contribution in [0.1, 0.15) is 0 Å². The highest BCUT2D eigenvalue weighted by Crippen LogP contribution is 2.27. The van der Waals surface area contributed by atoms with Crippen molar-refractivity contribution in [3.8, 4) is 11.3 Å². The van der Waals surface area contributed by atoms with Crippen molar-refractivity contribution in [3.63, 3.8) is 0 Å². The molecule has 0 saturated heterocycles. The zero-order valence-electron chi connectivity index (χ0n) is 8.91. The molecule has 0 unspecified atom stereocenters. The molecule has 0 spiro atoms. The average Bonchev–Trinajstić information content (AvgIpc) is 2.81. The van der Waals surface area contributed by atoms with Crippen LogP contribution in [0.25, 0.3) is 11.3 Å². The number of amides is 1. The summed E-state index contributed by atoms with van der Waals surface area (Å²) in [6.07, 6.45) is 0. The fourth-order valence-corrected chi connectivity index (χ4v) is 2.26. The van der Waals surface area contributed by atoms with Gasteiger partial charge in [-0.2, -0.15) is 0 Å². The van der Waals surface area contributed by atoms with Crippen molar-refractivity contribution in [2.75, 3.05) is 11.2 Å². The second-order valence-electron chi connectivity index (χ2n) is 3.35. The lowest BCUT2D eigenvalue weighted by molar-refractivity contribution is -0.113. The number of benzene rings is 1. The molecule has 1 heterocycles. The number of hydrogen-bond donors (Lipinski definition) is 1. The largest absolute Gasteiger partial charge is 0.301 e. The highest BCUT2D eigenvalue weighted by atomic mass is 35.5. The van der Waals surface area contributed by atoms with Crippen molar-refractivity contribution in [1.29, 1.82) is 0 Å². The Bertz CT molecular complexity index is 588. The summed E-state index contributed by atoms with van der Waals surface area (Å²) in [6, 6.07) is 4.33. The normalized spacial score (nSPS) is 10.4. The zero-order valence-corrected chi connectivity index (χ0v) is 11.2. The van der Waals surface area contributed by atoms with Crippen LogP contribution >= 0.6 is 34.5 Å². The summed E-state index contributed by atoms with van der Waals surface area (Å²) in [5.74, 6) is -0.932. The van der Waals surface area contributed by atoms with Gasteiger partial charge in [0.2, 0.25) is 5.91 Å². The highest BCUT2D eigenvalue weighted by molar-refractivity contribution is 7.14. The standard InChI is InChI=1S/C11H7Cl2FN2OS/c12-4-10(17)16-11-15-9(5-18-11)6-1-2-8(14)7(13)3-6/h1-3,5H,4H2,(H,15,16,17). The van der Waals surface area contributed by atoms with Crippen LogP contribution in [0.15, 0.2) is 23.6 Å². The van der Waals surface area contributed by atoms with Gasteiger partial charge >= 0.3 is 0 Å². The minimum Gasteiger partial charge on any atom is -0.301 e. The van der Waals surface area contributed by atoms with Gasteiger partial charge in [-0.1, -0.05) is 11.6 Å². The number of rotatable bonds is 3. The number of alkyl halides is 1. The van der Waals surface area contributed by atoms with Gasteiger partial charge in [0.25, 0.3) is 0 Å². The predicted octanol–water partition coefficient (Wildman–Crippen LogP) is 3.78. The van der Waals surface area contributed by atoms with Crippen LogP contribution in [0.5, 0.6) is 0 Å². The Morgan fingerprint density at radius 1 is 1.50 bits per heavy atom. The number of nitrogens with zero attached hydrogens (tertiary/aromatic N) is 1. The smallest absolute Gasteiger partial charge is 0.241 e. The molecule has 2 rings (SSSR count). The molecule has 94 valence electrons. The van der Waals surface area contributed by atoms with Crippen LogP contribution < -0.4 is 5.32 Å². The van der Waals surface area contributed by atoms with Gasteiger partial charge < -0.3 is 5.32 Å². The number of carbonyl (C=O) groups excluding carboxylic acids is 1. The number of hydrogen-bond acceptors (Lipinski definition) is 3. The van der Waals surface area contributed by atoms with E-state index in [0.717, 1.165) is 0 Å². The molecule has 1 aromatic carbocycles. The van der Waals surface area contributed by atoms with Crippen LogP contribution in [0.3, 0.4) is 0 Å². The van der Waals surface area contributed by atoms with E-state index in [4.69, 9.17) is 23.2 Å². The third-order valence-electron chi connectivity index (χ3n) is 2.09. The molecule has 0 saturated carbocycles. The topological polar surface area (TPSA) is 42.0 Å². The Hall–Kier alpha value is -1.17. The van der Waals surface area contributed by atoms with E-state index in [2.05, 4.69) is 10.3 Å². The minimum atomic E-state index is -0.480. The van der Waals surface area contributed by atoms with Gasteiger partial charge in [-0.05, 0) is 18.2 Å². The average molecular weight is 305 g/mol. The second kappa shape index (κ2) is 5.65. The maximum atomic E-state index is 13.0. The van der Waals surface area contributed by atoms with Crippen molar-refractivity contribution in [2.45, 2.75) is 0 Å². The van der Waals surface area contributed by atoms with Gasteiger partial charge in [0.05, 0.1) is 10.7 Å². The van der Waals surface area contributed by atoms with E-state index in [9.17, 15) is 9.18 Å². The Labute approximate surface area is 117 Å². The molecule has 0 aliphatic carbocycles. The third kappa shape index (κ3) is 2.98. The molecule has 1 N–H and O–H groups in total. The lowest BCUT2D eigenvalue weighted by Crippen LogP contribution is -2.12. The molecule has 2 aromatic rings. The molecule has 0 radical (unpaired) electrons. The number of anilines is 1. The molecule has 1 amide bonds. The first-order valence-corrected chi connectivity index (χ1v) is 6.66. The van der Waals surface area contributed by atoms with E-state index in [-0.39, 0.29) is 16.8 Å². The van der Waals surface area contributed by atoms with Crippen molar-refractivity contribution >= 4 is 45.6 Å². The maximum absolute atomic E-state index is 13.0. The summed E-state index contributed by atoms with van der Waals surface area (Å²) in [7, 11) is 0. The lowest BCUT2D eigenvalue weighted by atomic mass is 10.2. The summed E-state index contributed by atoms with van der Waals surface area (Å²) in [4.78, 5) is 15.3. The summed E-state index contributed by atoms with van der Waals surface area (Å²) in [6.45, 7) is 0. The molecule has 1 aromatic heterocycles. The van der Waals surface area contributed by atoms with E-state index in [0.29, 0.717) is 16.4 Å². The fraction of sp³-hybridized carbons (Fsp3) is 0.0909. The van der Waals surface area contributed by atoms with Gasteiger partial charge in [0.15, 0.2) is 5.13 Å². The van der Waals surface area contributed by atoms with Gasteiger partial charge in [-0.15, -0.1) is 22.9 Å². The van der Waals surface area contributed by atoms with Crippen LogP contribution in [0.2, 0.25) is 5.02 Å². The van der Waals surface area contributed by atoms with E-state index >= 15 is 0 Å². The molecule has 3 nitrogen and oxygen atoms in total. The summed E-state index contributed by atoms with van der Waals surface area (Å²) >= 11 is 12.3. The molecule has 0 fully saturated rings. The molecule has 0 aliphatic rings. The quantitative estimate of drug-likeness (QED) is 0.877. The minimum absolute atomic E-state index is 0.0341. The summed E-state index contributed by atoms with van der Waals surface area (Å²) in [5.41, 5.74) is 1.30. The number of nitrogens with one attached hydrogen (secondary N) is 1. The molecular formula is C11H7Cl2FN2OS. The van der Waals surface area contributed by atoms with Crippen molar-refractivity contribution in [1.82, 2.24) is 4.98 Å². The predicted molar refractivity (Wildman–Crippen MR) is 71.9 cm³/mol. The van der Waals surface area contributed by atoms with Crippen molar-refractivity contribution in [3.05, 3.63) is 34.4 Å². The Morgan fingerprint density at radius 2 is 2.28 bits per heavy atom. The molecule has 7 heteroatoms. The van der Waals surface area contributed by atoms with E-state index in [1.165, 1.54) is 23.5 Å². The number of halogens is 3. The Kier molecular flexibility index (Phi) is 4.16. The Morgan fingerprint density at radius 3 is 2.94 bits per heavy atom. The molecular weight excluding hydrogens is 298 g/mol. The van der Waals surface area contributed by atoms with E-state index in [1.54, 1.807) is 11.4 Å². The first kappa shape index (κ1) is 13.3. The SMILES string of the molecule is O=C(CCl)Nc1nc(-c2ccc(F)c(Cl)c2)cs1. The first-order chi connectivity index (χ1) is 8.60. The van der Waals surface area contributed by atoms with Crippen LogP contribution in [-0.2, 0) is 4.79 Å². The number of thiazole rings is 1. The molecule has 0 atom stereocenters. The third-order valence-corrected chi connectivity index (χ3v) is 3.38. The van der Waals surface area contributed by atoms with E-state index in [1.807, 2.05) is 0 Å². The molecule has 0 bridgehead atoms. The van der Waals surface area contributed by atoms with Crippen molar-refractivity contribution < 1.29 is 9.18 Å². The van der Waals surface area contributed by atoms with Gasteiger partial charge in [0, 0.05) is 10.9 Å². The van der Waals surface area contributed by atoms with Crippen molar-refractivity contribution in [2.24, 2.45) is 0 Å². The second-order valence-corrected chi connectivity index (χ2v) is 4.88. The Balaban J connectivity index is 2.23. The fourth-order valence-electron chi connectivity index (χ4n) is 1.27. The molecule has 0 aliphatic heterocycles. The van der Waals surface area contributed by atoms with E-state index < -0.39 is 5.82 Å². The maximum Gasteiger partial charge on any atom is 0.241 e. The van der Waals surface area contributed by atoms with Crippen LogP contribution in [-0.4, -0.2) is 16.8 Å². The summed E-state index contributed by atoms with van der Waals surface area (Å²) in [5, 5.41) is 4.76. The van der Waals surface area contributed by atoms with Gasteiger partial charge in [-0.3, -0.25) is 4.79 Å². The molecule has 18 heavy (non-hydrogen) atoms. The van der Waals surface area contributed by atoms with Gasteiger partial charge in [-0.25, -0.2) is 9.37 Å². The monoisotopic (exact) mass is 304 g/mol. The highest BCUT2D eigenvalue weighted by Gasteiger charge is 2.09. The summed E-state index contributed by atoms with van der Waals surface area (Å²) < 4.78 is 13.0. The zero-order chi connectivity index (χ0) is 13.1. The van der Waals surface area contributed by atoms with Crippen LogP contribution in [0.4, 0.5) is 9.52 Å². The van der Waals surface area contributed by atoms with Gasteiger partial charge in [0.1, 0.15) is 11.7 Å². The number of aromatic nitrogens is 1. The first-order valence-electron chi connectivity index (χ1n) is 4.87. The van der Waals surface area contributed by atoms with Crippen LogP contribution in [0, 0.1) is 5.82 Å². The number of carbonyl (C=O) groups is 1. The lowest BCUT2D eigenvalue weighted by Gasteiger charge is -1.99.